The lowest BCUT2D eigenvalue weighted by molar-refractivity contribution is 1.10. The minimum atomic E-state index is 0.418. The molecule has 0 radical (unpaired) electrons. The van der Waals surface area contributed by atoms with Gasteiger partial charge in [0.05, 0.1) is 0 Å². The maximum atomic E-state index is 5.98. The molecule has 1 unspecified atom stereocenters. The Morgan fingerprint density at radius 2 is 1.75 bits per heavy atom. The summed E-state index contributed by atoms with van der Waals surface area (Å²) in [5.74, 6) is 0. The van der Waals surface area contributed by atoms with Crippen molar-refractivity contribution in [2.45, 2.75) is 17.1 Å². The number of thioether (sulfide) groups is 1. The summed E-state index contributed by atoms with van der Waals surface area (Å²) in [6.07, 6.45) is 0. The van der Waals surface area contributed by atoms with Gasteiger partial charge in [-0.15, -0.1) is 11.8 Å². The molecule has 0 N–H and O–H groups in total. The van der Waals surface area contributed by atoms with Gasteiger partial charge in [0.1, 0.15) is 0 Å². The van der Waals surface area contributed by atoms with Crippen molar-refractivity contribution in [2.24, 2.45) is 0 Å². The predicted octanol–water partition coefficient (Wildman–Crippen LogP) is 5.19. The second kappa shape index (κ2) is 5.42. The fraction of sp³-hybridized carbons (Fsp3) is 0.143. The van der Waals surface area contributed by atoms with Gasteiger partial charge in [-0.2, -0.15) is 0 Å². The Hall–Kier alpha value is -0.920. The second-order valence-electron chi connectivity index (χ2n) is 3.63. The largest absolute Gasteiger partial charge is 0.118 e. The molecule has 2 rings (SSSR count). The summed E-state index contributed by atoms with van der Waals surface area (Å²) in [7, 11) is 0. The minimum absolute atomic E-state index is 0.418. The van der Waals surface area contributed by atoms with Crippen LogP contribution in [0.15, 0.2) is 59.5 Å². The number of rotatable bonds is 3. The molecule has 2 heteroatoms. The van der Waals surface area contributed by atoms with Crippen LogP contribution < -0.4 is 0 Å². The molecule has 0 aliphatic rings. The van der Waals surface area contributed by atoms with Gasteiger partial charge in [0.15, 0.2) is 0 Å². The van der Waals surface area contributed by atoms with Gasteiger partial charge in [-0.05, 0) is 36.8 Å². The third-order valence-electron chi connectivity index (χ3n) is 2.37. The second-order valence-corrected chi connectivity index (χ2v) is 5.48. The SMILES string of the molecule is CC(Sc1ccccc1)c1cccc(Cl)c1. The van der Waals surface area contributed by atoms with Gasteiger partial charge in [0.2, 0.25) is 0 Å². The van der Waals surface area contributed by atoms with Crippen molar-refractivity contribution in [3.8, 4) is 0 Å². The van der Waals surface area contributed by atoms with Crippen LogP contribution in [0.1, 0.15) is 17.7 Å². The molecule has 0 saturated heterocycles. The molecule has 1 atom stereocenters. The monoisotopic (exact) mass is 248 g/mol. The number of hydrogen-bond donors (Lipinski definition) is 0. The van der Waals surface area contributed by atoms with Crippen LogP contribution in [0, 0.1) is 0 Å². The zero-order chi connectivity index (χ0) is 11.4. The summed E-state index contributed by atoms with van der Waals surface area (Å²) < 4.78 is 0. The third kappa shape index (κ3) is 3.03. The van der Waals surface area contributed by atoms with E-state index in [2.05, 4.69) is 37.3 Å². The van der Waals surface area contributed by atoms with E-state index in [1.807, 2.05) is 36.0 Å². The Bertz CT molecular complexity index is 453. The van der Waals surface area contributed by atoms with Crippen LogP contribution in [-0.2, 0) is 0 Å². The van der Waals surface area contributed by atoms with Crippen molar-refractivity contribution in [2.75, 3.05) is 0 Å². The molecule has 0 aromatic heterocycles. The Balaban J connectivity index is 2.12. The first-order chi connectivity index (χ1) is 7.75. The molecule has 2 aromatic rings. The average Bonchev–Trinajstić information content (AvgIpc) is 2.30. The van der Waals surface area contributed by atoms with E-state index in [0.29, 0.717) is 5.25 Å². The van der Waals surface area contributed by atoms with Gasteiger partial charge in [-0.25, -0.2) is 0 Å². The topological polar surface area (TPSA) is 0 Å². The first-order valence-electron chi connectivity index (χ1n) is 5.23. The molecule has 0 bridgehead atoms. The molecule has 0 nitrogen and oxygen atoms in total. The van der Waals surface area contributed by atoms with Crippen molar-refractivity contribution >= 4 is 23.4 Å². The standard InChI is InChI=1S/C14H13ClS/c1-11(12-6-5-7-13(15)10-12)16-14-8-3-2-4-9-14/h2-11H,1H3. The normalized spacial score (nSPS) is 12.4. The summed E-state index contributed by atoms with van der Waals surface area (Å²) in [5.41, 5.74) is 1.27. The molecule has 0 aliphatic heterocycles. The van der Waals surface area contributed by atoms with Crippen LogP contribution in [0.25, 0.3) is 0 Å². The molecule has 82 valence electrons. The van der Waals surface area contributed by atoms with E-state index < -0.39 is 0 Å². The first-order valence-corrected chi connectivity index (χ1v) is 6.48. The predicted molar refractivity (Wildman–Crippen MR) is 72.2 cm³/mol. The highest BCUT2D eigenvalue weighted by Crippen LogP contribution is 2.35. The van der Waals surface area contributed by atoms with E-state index >= 15 is 0 Å². The van der Waals surface area contributed by atoms with Crippen molar-refractivity contribution in [1.82, 2.24) is 0 Å². The Morgan fingerprint density at radius 1 is 1.00 bits per heavy atom. The van der Waals surface area contributed by atoms with Gasteiger partial charge in [-0.1, -0.05) is 41.9 Å². The Labute approximate surface area is 106 Å². The highest BCUT2D eigenvalue weighted by molar-refractivity contribution is 7.99. The van der Waals surface area contributed by atoms with E-state index in [9.17, 15) is 0 Å². The van der Waals surface area contributed by atoms with E-state index in [1.165, 1.54) is 10.5 Å². The van der Waals surface area contributed by atoms with Crippen molar-refractivity contribution in [3.05, 3.63) is 65.2 Å². The van der Waals surface area contributed by atoms with Crippen molar-refractivity contribution < 1.29 is 0 Å². The molecule has 0 fully saturated rings. The molecule has 0 amide bonds. The quantitative estimate of drug-likeness (QED) is 0.674. The summed E-state index contributed by atoms with van der Waals surface area (Å²) in [6, 6.07) is 18.5. The summed E-state index contributed by atoms with van der Waals surface area (Å²) in [4.78, 5) is 1.29. The molecule has 2 aromatic carbocycles. The van der Waals surface area contributed by atoms with Gasteiger partial charge in [0, 0.05) is 15.2 Å². The van der Waals surface area contributed by atoms with Gasteiger partial charge >= 0.3 is 0 Å². The third-order valence-corrected chi connectivity index (χ3v) is 3.78. The molecular weight excluding hydrogens is 236 g/mol. The number of halogens is 1. The average molecular weight is 249 g/mol. The highest BCUT2D eigenvalue weighted by Gasteiger charge is 2.07. The lowest BCUT2D eigenvalue weighted by Gasteiger charge is -2.11. The smallest absolute Gasteiger partial charge is 0.0409 e. The Morgan fingerprint density at radius 3 is 2.44 bits per heavy atom. The summed E-state index contributed by atoms with van der Waals surface area (Å²) in [5, 5.41) is 1.22. The van der Waals surface area contributed by atoms with Crippen LogP contribution in [0.3, 0.4) is 0 Å². The van der Waals surface area contributed by atoms with Crippen LogP contribution in [-0.4, -0.2) is 0 Å². The molecular formula is C14H13ClS. The van der Waals surface area contributed by atoms with E-state index in [4.69, 9.17) is 11.6 Å². The lowest BCUT2D eigenvalue weighted by Crippen LogP contribution is -1.87. The minimum Gasteiger partial charge on any atom is -0.118 e. The van der Waals surface area contributed by atoms with Crippen molar-refractivity contribution in [1.29, 1.82) is 0 Å². The number of hydrogen-bond acceptors (Lipinski definition) is 1. The fourth-order valence-corrected chi connectivity index (χ4v) is 2.73. The maximum Gasteiger partial charge on any atom is 0.0409 e. The maximum absolute atomic E-state index is 5.98. The van der Waals surface area contributed by atoms with Crippen molar-refractivity contribution in [3.63, 3.8) is 0 Å². The highest BCUT2D eigenvalue weighted by atomic mass is 35.5. The number of benzene rings is 2. The summed E-state index contributed by atoms with van der Waals surface area (Å²) >= 11 is 7.83. The van der Waals surface area contributed by atoms with Gasteiger partial charge < -0.3 is 0 Å². The molecule has 16 heavy (non-hydrogen) atoms. The molecule has 0 spiro atoms. The first kappa shape index (κ1) is 11.6. The van der Waals surface area contributed by atoms with Crippen LogP contribution in [0.2, 0.25) is 5.02 Å². The molecule has 0 heterocycles. The van der Waals surface area contributed by atoms with Crippen LogP contribution in [0.4, 0.5) is 0 Å². The summed E-state index contributed by atoms with van der Waals surface area (Å²) in [6.45, 7) is 2.20. The zero-order valence-corrected chi connectivity index (χ0v) is 10.6. The van der Waals surface area contributed by atoms with Gasteiger partial charge in [-0.3, -0.25) is 0 Å². The van der Waals surface area contributed by atoms with Gasteiger partial charge in [0.25, 0.3) is 0 Å². The van der Waals surface area contributed by atoms with Crippen LogP contribution >= 0.6 is 23.4 Å². The van der Waals surface area contributed by atoms with E-state index in [1.54, 1.807) is 0 Å². The molecule has 0 aliphatic carbocycles. The van der Waals surface area contributed by atoms with Crippen LogP contribution in [0.5, 0.6) is 0 Å². The molecule has 0 saturated carbocycles. The lowest BCUT2D eigenvalue weighted by atomic mass is 10.2. The fourth-order valence-electron chi connectivity index (χ4n) is 1.53. The Kier molecular flexibility index (Phi) is 3.92. The zero-order valence-electron chi connectivity index (χ0n) is 9.06. The van der Waals surface area contributed by atoms with E-state index in [0.717, 1.165) is 5.02 Å². The van der Waals surface area contributed by atoms with E-state index in [-0.39, 0.29) is 0 Å².